The van der Waals surface area contributed by atoms with Crippen molar-refractivity contribution in [1.29, 1.82) is 0 Å². The number of benzene rings is 3. The lowest BCUT2D eigenvalue weighted by atomic mass is 9.96. The minimum absolute atomic E-state index is 0.0364. The van der Waals surface area contributed by atoms with Gasteiger partial charge in [0.25, 0.3) is 0 Å². The second-order valence-electron chi connectivity index (χ2n) is 7.47. The largest absolute Gasteiger partial charge is 0.507 e. The van der Waals surface area contributed by atoms with Crippen LogP contribution in [0.5, 0.6) is 17.2 Å². The summed E-state index contributed by atoms with van der Waals surface area (Å²) < 4.78 is 52.6. The van der Waals surface area contributed by atoms with E-state index >= 15 is 0 Å². The fourth-order valence-electron chi connectivity index (χ4n) is 3.46. The highest BCUT2D eigenvalue weighted by molar-refractivity contribution is 6.30. The minimum Gasteiger partial charge on any atom is -0.507 e. The number of halogens is 4. The quantitative estimate of drug-likeness (QED) is 0.319. The highest BCUT2D eigenvalue weighted by Gasteiger charge is 2.38. The Bertz CT molecular complexity index is 1350. The summed E-state index contributed by atoms with van der Waals surface area (Å²) in [6, 6.07) is 17.2. The minimum atomic E-state index is -4.82. The van der Waals surface area contributed by atoms with Gasteiger partial charge in [0.1, 0.15) is 23.9 Å². The third-order valence-corrected chi connectivity index (χ3v) is 5.37. The summed E-state index contributed by atoms with van der Waals surface area (Å²) in [4.78, 5) is 7.51. The molecule has 6 nitrogen and oxygen atoms in total. The van der Waals surface area contributed by atoms with Gasteiger partial charge in [0.2, 0.25) is 5.95 Å². The molecule has 0 aliphatic heterocycles. The van der Waals surface area contributed by atoms with Gasteiger partial charge in [-0.15, -0.1) is 0 Å². The van der Waals surface area contributed by atoms with Crippen LogP contribution in [0.25, 0.3) is 22.4 Å². The summed E-state index contributed by atoms with van der Waals surface area (Å²) in [7, 11) is 1.45. The van der Waals surface area contributed by atoms with Crippen LogP contribution in [0.3, 0.4) is 0 Å². The normalized spacial score (nSPS) is 11.3. The molecule has 3 aromatic carbocycles. The van der Waals surface area contributed by atoms with Crippen molar-refractivity contribution in [3.05, 3.63) is 83.0 Å². The van der Waals surface area contributed by atoms with Gasteiger partial charge in [-0.1, -0.05) is 35.9 Å². The molecule has 0 saturated carbocycles. The highest BCUT2D eigenvalue weighted by atomic mass is 35.5. The Balaban J connectivity index is 1.76. The van der Waals surface area contributed by atoms with Crippen molar-refractivity contribution in [2.75, 3.05) is 12.8 Å². The molecule has 0 bridgehead atoms. The Kier molecular flexibility index (Phi) is 6.70. The smallest absolute Gasteiger partial charge is 0.434 e. The number of phenolic OH excluding ortho intramolecular Hbond substituents is 1. The van der Waals surface area contributed by atoms with Gasteiger partial charge in [0.05, 0.1) is 12.8 Å². The molecule has 1 aromatic heterocycles. The molecule has 0 radical (unpaired) electrons. The maximum Gasteiger partial charge on any atom is 0.434 e. The second-order valence-corrected chi connectivity index (χ2v) is 7.91. The molecular weight excluding hydrogens is 483 g/mol. The number of anilines is 1. The van der Waals surface area contributed by atoms with Crippen molar-refractivity contribution in [1.82, 2.24) is 9.97 Å². The van der Waals surface area contributed by atoms with E-state index in [1.807, 2.05) is 0 Å². The van der Waals surface area contributed by atoms with Gasteiger partial charge in [-0.05, 0) is 47.5 Å². The van der Waals surface area contributed by atoms with Gasteiger partial charge in [-0.3, -0.25) is 0 Å². The van der Waals surface area contributed by atoms with Crippen LogP contribution in [-0.4, -0.2) is 22.2 Å². The topological polar surface area (TPSA) is 90.5 Å². The summed E-state index contributed by atoms with van der Waals surface area (Å²) in [6.07, 6.45) is -4.82. The SMILES string of the molecule is COc1ccc(-c2c(-c3ccc(OCc4ccc(Cl)cc4)cc3O)nc(N)nc2C(F)(F)F)cc1. The predicted octanol–water partition coefficient (Wildman–Crippen LogP) is 6.36. The number of hydrogen-bond acceptors (Lipinski definition) is 6. The molecule has 0 saturated heterocycles. The molecule has 1 heterocycles. The number of ether oxygens (including phenoxy) is 2. The van der Waals surface area contributed by atoms with Crippen LogP contribution < -0.4 is 15.2 Å². The summed E-state index contributed by atoms with van der Waals surface area (Å²) in [5, 5.41) is 11.3. The lowest BCUT2D eigenvalue weighted by Crippen LogP contribution is -2.14. The third-order valence-electron chi connectivity index (χ3n) is 5.12. The summed E-state index contributed by atoms with van der Waals surface area (Å²) in [5.41, 5.74) is 4.98. The van der Waals surface area contributed by atoms with Crippen LogP contribution in [0.4, 0.5) is 19.1 Å². The van der Waals surface area contributed by atoms with Crippen LogP contribution in [0, 0.1) is 0 Å². The molecule has 0 aliphatic rings. The number of methoxy groups -OCH3 is 1. The van der Waals surface area contributed by atoms with Crippen LogP contribution >= 0.6 is 11.6 Å². The van der Waals surface area contributed by atoms with Gasteiger partial charge in [0.15, 0.2) is 5.69 Å². The molecular formula is C25H19ClF3N3O3. The first-order valence-electron chi connectivity index (χ1n) is 10.3. The zero-order valence-corrected chi connectivity index (χ0v) is 19.1. The number of nitrogens with two attached hydrogens (primary N) is 1. The first-order chi connectivity index (χ1) is 16.7. The number of aromatic nitrogens is 2. The van der Waals surface area contributed by atoms with Gasteiger partial charge < -0.3 is 20.3 Å². The Morgan fingerprint density at radius 1 is 0.943 bits per heavy atom. The molecule has 3 N–H and O–H groups in total. The van der Waals surface area contributed by atoms with E-state index in [4.69, 9.17) is 26.8 Å². The van der Waals surface area contributed by atoms with E-state index < -0.39 is 17.8 Å². The number of phenols is 1. The van der Waals surface area contributed by atoms with Gasteiger partial charge >= 0.3 is 6.18 Å². The second kappa shape index (κ2) is 9.71. The van der Waals surface area contributed by atoms with E-state index in [9.17, 15) is 18.3 Å². The number of hydrogen-bond donors (Lipinski definition) is 2. The fraction of sp³-hybridized carbons (Fsp3) is 0.120. The van der Waals surface area contributed by atoms with Crippen LogP contribution in [-0.2, 0) is 12.8 Å². The molecule has 35 heavy (non-hydrogen) atoms. The molecule has 4 rings (SSSR count). The predicted molar refractivity (Wildman–Crippen MR) is 126 cm³/mol. The number of alkyl halides is 3. The third kappa shape index (κ3) is 5.41. The maximum absolute atomic E-state index is 13.9. The van der Waals surface area contributed by atoms with E-state index in [1.54, 1.807) is 24.3 Å². The van der Waals surface area contributed by atoms with E-state index in [0.717, 1.165) is 5.56 Å². The molecule has 180 valence electrons. The molecule has 0 spiro atoms. The highest BCUT2D eigenvalue weighted by Crippen LogP contribution is 2.44. The lowest BCUT2D eigenvalue weighted by Gasteiger charge is -2.18. The monoisotopic (exact) mass is 501 g/mol. The van der Waals surface area contributed by atoms with Crippen molar-refractivity contribution in [2.45, 2.75) is 12.8 Å². The summed E-state index contributed by atoms with van der Waals surface area (Å²) in [6.45, 7) is 0.200. The maximum atomic E-state index is 13.9. The van der Waals surface area contributed by atoms with E-state index in [-0.39, 0.29) is 34.7 Å². The van der Waals surface area contributed by atoms with Crippen molar-refractivity contribution < 1.29 is 27.8 Å². The van der Waals surface area contributed by atoms with E-state index in [0.29, 0.717) is 16.5 Å². The number of rotatable bonds is 6. The zero-order chi connectivity index (χ0) is 25.2. The van der Waals surface area contributed by atoms with Gasteiger partial charge in [-0.2, -0.15) is 13.2 Å². The Morgan fingerprint density at radius 2 is 1.60 bits per heavy atom. The number of aromatic hydroxyl groups is 1. The molecule has 0 unspecified atom stereocenters. The zero-order valence-electron chi connectivity index (χ0n) is 18.3. The molecule has 0 fully saturated rings. The Hall–Kier alpha value is -3.98. The van der Waals surface area contributed by atoms with Crippen molar-refractivity contribution in [3.63, 3.8) is 0 Å². The van der Waals surface area contributed by atoms with E-state index in [1.165, 1.54) is 49.6 Å². The lowest BCUT2D eigenvalue weighted by molar-refractivity contribution is -0.140. The van der Waals surface area contributed by atoms with Gasteiger partial charge in [-0.25, -0.2) is 9.97 Å². The van der Waals surface area contributed by atoms with Crippen LogP contribution in [0.2, 0.25) is 5.02 Å². The molecule has 0 aliphatic carbocycles. The van der Waals surface area contributed by atoms with Crippen molar-refractivity contribution in [3.8, 4) is 39.6 Å². The Morgan fingerprint density at radius 3 is 2.20 bits per heavy atom. The van der Waals surface area contributed by atoms with Crippen molar-refractivity contribution >= 4 is 17.5 Å². The molecule has 0 atom stereocenters. The molecule has 10 heteroatoms. The first kappa shape index (κ1) is 24.2. The Labute approximate surface area is 203 Å². The fourth-order valence-corrected chi connectivity index (χ4v) is 3.58. The molecule has 4 aromatic rings. The summed E-state index contributed by atoms with van der Waals surface area (Å²) in [5.74, 6) is -0.137. The van der Waals surface area contributed by atoms with Gasteiger partial charge in [0, 0.05) is 22.2 Å². The van der Waals surface area contributed by atoms with Crippen LogP contribution in [0.1, 0.15) is 11.3 Å². The van der Waals surface area contributed by atoms with Crippen LogP contribution in [0.15, 0.2) is 66.7 Å². The number of nitrogens with zero attached hydrogens (tertiary/aromatic N) is 2. The average molecular weight is 502 g/mol. The molecule has 0 amide bonds. The van der Waals surface area contributed by atoms with Crippen molar-refractivity contribution in [2.24, 2.45) is 0 Å². The van der Waals surface area contributed by atoms with E-state index in [2.05, 4.69) is 9.97 Å². The number of nitrogen functional groups attached to an aromatic ring is 1. The first-order valence-corrected chi connectivity index (χ1v) is 10.6. The average Bonchev–Trinajstić information content (AvgIpc) is 2.83. The summed E-state index contributed by atoms with van der Waals surface area (Å²) >= 11 is 5.88. The standard InChI is InChI=1S/C25H19ClF3N3O3/c1-34-17-8-4-15(5-9-17)21-22(31-24(30)32-23(21)25(27,28)29)19-11-10-18(12-20(19)33)35-13-14-2-6-16(26)7-3-14/h2-12,33H,13H2,1H3,(H2,30,31,32).